The molecule has 0 radical (unpaired) electrons. The third-order valence-corrected chi connectivity index (χ3v) is 5.95. The number of Topliss-reactive ketones (excluding diaryl/α,β-unsaturated/α-hetero) is 1. The molecule has 4 rings (SSSR count). The van der Waals surface area contributed by atoms with Crippen LogP contribution in [0.5, 0.6) is 0 Å². The monoisotopic (exact) mass is 416 g/mol. The fourth-order valence-corrected chi connectivity index (χ4v) is 4.42. The van der Waals surface area contributed by atoms with Crippen molar-refractivity contribution in [1.82, 2.24) is 9.97 Å². The van der Waals surface area contributed by atoms with Crippen LogP contribution in [-0.2, 0) is 4.79 Å². The first-order valence-electron chi connectivity index (χ1n) is 9.66. The third-order valence-electron chi connectivity index (χ3n) is 5.32. The first-order chi connectivity index (χ1) is 13.6. The van der Waals surface area contributed by atoms with Gasteiger partial charge in [0.05, 0.1) is 6.04 Å². The average Bonchev–Trinajstić information content (AvgIpc) is 2.83. The lowest BCUT2D eigenvalue weighted by Gasteiger charge is -2.35. The van der Waals surface area contributed by atoms with Gasteiger partial charge < -0.3 is 10.2 Å². The molecule has 28 heavy (non-hydrogen) atoms. The van der Waals surface area contributed by atoms with E-state index < -0.39 is 0 Å². The number of nitrogens with zero attached hydrogens (tertiary/aromatic N) is 3. The number of hydrogen-bond donors (Lipinski definition) is 1. The van der Waals surface area contributed by atoms with E-state index in [1.165, 1.54) is 6.33 Å². The van der Waals surface area contributed by atoms with Crippen molar-refractivity contribution in [2.75, 3.05) is 16.8 Å². The predicted molar refractivity (Wildman–Crippen MR) is 113 cm³/mol. The van der Waals surface area contributed by atoms with E-state index in [1.54, 1.807) is 0 Å². The van der Waals surface area contributed by atoms with Crippen molar-refractivity contribution in [3.63, 3.8) is 0 Å². The van der Waals surface area contributed by atoms with Crippen molar-refractivity contribution in [2.24, 2.45) is 0 Å². The van der Waals surface area contributed by atoms with Crippen LogP contribution in [0.3, 0.4) is 0 Å². The zero-order valence-electron chi connectivity index (χ0n) is 15.7. The number of unbranched alkanes of at least 4 members (excludes halogenated alkanes) is 1. The predicted octanol–water partition coefficient (Wildman–Crippen LogP) is 5.56. The fourth-order valence-electron chi connectivity index (χ4n) is 4.00. The molecule has 1 N–H and O–H groups in total. The van der Waals surface area contributed by atoms with Crippen LogP contribution in [0.2, 0.25) is 10.2 Å². The summed E-state index contributed by atoms with van der Waals surface area (Å²) in [6.07, 6.45) is 5.59. The van der Waals surface area contributed by atoms with Gasteiger partial charge in [0.15, 0.2) is 16.8 Å². The maximum absolute atomic E-state index is 13.1. The summed E-state index contributed by atoms with van der Waals surface area (Å²) in [7, 11) is 0. The summed E-state index contributed by atoms with van der Waals surface area (Å²) >= 11 is 13.0. The summed E-state index contributed by atoms with van der Waals surface area (Å²) in [6, 6.07) is 7.42. The van der Waals surface area contributed by atoms with Gasteiger partial charge in [-0.1, -0.05) is 54.7 Å². The van der Waals surface area contributed by atoms with Gasteiger partial charge in [-0.25, -0.2) is 9.97 Å². The highest BCUT2D eigenvalue weighted by atomic mass is 35.5. The second-order valence-corrected chi connectivity index (χ2v) is 7.89. The Morgan fingerprint density at radius 3 is 2.82 bits per heavy atom. The molecule has 0 saturated heterocycles. The zero-order chi connectivity index (χ0) is 19.7. The van der Waals surface area contributed by atoms with Crippen molar-refractivity contribution in [3.8, 4) is 0 Å². The number of aromatic nitrogens is 2. The second-order valence-electron chi connectivity index (χ2n) is 7.13. The minimum Gasteiger partial charge on any atom is -0.353 e. The standard InChI is InChI=1S/C21H22Cl2N4O/c1-2-3-11-27-19(13-7-4-5-8-14(13)22)17-15(9-6-10-16(17)28)26-18-20(23)24-12-25-21(18)27/h4-5,7-8,12,19,26H,2-3,6,9-11H2,1H3. The SMILES string of the molecule is CCCCN1c2ncnc(Cl)c2NC2=C(C(=O)CCC2)C1c1ccccc1Cl. The molecule has 2 aliphatic rings. The third kappa shape index (κ3) is 3.38. The fraction of sp³-hybridized carbons (Fsp3) is 0.381. The van der Waals surface area contributed by atoms with Gasteiger partial charge in [-0.3, -0.25) is 4.79 Å². The molecular formula is C21H22Cl2N4O. The molecule has 0 amide bonds. The highest BCUT2D eigenvalue weighted by Crippen LogP contribution is 2.46. The van der Waals surface area contributed by atoms with E-state index in [0.717, 1.165) is 49.1 Å². The van der Waals surface area contributed by atoms with Crippen molar-refractivity contribution in [2.45, 2.75) is 45.1 Å². The number of halogens is 2. The van der Waals surface area contributed by atoms with E-state index in [0.29, 0.717) is 28.1 Å². The Balaban J connectivity index is 1.98. The lowest BCUT2D eigenvalue weighted by atomic mass is 9.86. The molecule has 0 saturated carbocycles. The molecular weight excluding hydrogens is 395 g/mol. The molecule has 0 bridgehead atoms. The van der Waals surface area contributed by atoms with Gasteiger partial charge in [0, 0.05) is 29.3 Å². The summed E-state index contributed by atoms with van der Waals surface area (Å²) in [5.41, 5.74) is 3.24. The number of carbonyl (C=O) groups excluding carboxylic acids is 1. The highest BCUT2D eigenvalue weighted by Gasteiger charge is 2.38. The second kappa shape index (κ2) is 8.10. The lowest BCUT2D eigenvalue weighted by Crippen LogP contribution is -2.34. The van der Waals surface area contributed by atoms with Crippen molar-refractivity contribution < 1.29 is 4.79 Å². The Labute approximate surface area is 174 Å². The number of carbonyl (C=O) groups is 1. The number of fused-ring (bicyclic) bond motifs is 1. The van der Waals surface area contributed by atoms with Gasteiger partial charge in [-0.05, 0) is 30.9 Å². The van der Waals surface area contributed by atoms with E-state index in [2.05, 4.69) is 27.1 Å². The first-order valence-corrected chi connectivity index (χ1v) is 10.4. The zero-order valence-corrected chi connectivity index (χ0v) is 17.2. The molecule has 146 valence electrons. The van der Waals surface area contributed by atoms with Crippen LogP contribution < -0.4 is 10.2 Å². The van der Waals surface area contributed by atoms with E-state index in [1.807, 2.05) is 24.3 Å². The molecule has 7 heteroatoms. The maximum Gasteiger partial charge on any atom is 0.163 e. The Hall–Kier alpha value is -2.11. The summed E-state index contributed by atoms with van der Waals surface area (Å²) in [6.45, 7) is 2.88. The number of allylic oxidation sites excluding steroid dienone is 1. The van der Waals surface area contributed by atoms with Crippen molar-refractivity contribution in [3.05, 3.63) is 57.6 Å². The molecule has 1 unspecified atom stereocenters. The van der Waals surface area contributed by atoms with Crippen molar-refractivity contribution in [1.29, 1.82) is 0 Å². The number of anilines is 2. The summed E-state index contributed by atoms with van der Waals surface area (Å²) < 4.78 is 0. The Kier molecular flexibility index (Phi) is 5.56. The quantitative estimate of drug-likeness (QED) is 0.660. The normalized spacial score (nSPS) is 19.0. The Morgan fingerprint density at radius 2 is 2.04 bits per heavy atom. The maximum atomic E-state index is 13.1. The molecule has 2 aromatic rings. The van der Waals surface area contributed by atoms with Crippen LogP contribution in [-0.4, -0.2) is 22.3 Å². The van der Waals surface area contributed by atoms with Crippen LogP contribution in [0, 0.1) is 0 Å². The van der Waals surface area contributed by atoms with Gasteiger partial charge in [-0.15, -0.1) is 0 Å². The minimum absolute atomic E-state index is 0.150. The van der Waals surface area contributed by atoms with Crippen LogP contribution in [0.4, 0.5) is 11.5 Å². The van der Waals surface area contributed by atoms with Crippen LogP contribution >= 0.6 is 23.2 Å². The molecule has 1 aliphatic carbocycles. The van der Waals surface area contributed by atoms with Gasteiger partial charge in [-0.2, -0.15) is 0 Å². The van der Waals surface area contributed by atoms with E-state index in [-0.39, 0.29) is 11.8 Å². The smallest absolute Gasteiger partial charge is 0.163 e. The molecule has 2 heterocycles. The van der Waals surface area contributed by atoms with Gasteiger partial charge in [0.25, 0.3) is 0 Å². The van der Waals surface area contributed by atoms with E-state index in [9.17, 15) is 4.79 Å². The molecule has 5 nitrogen and oxygen atoms in total. The van der Waals surface area contributed by atoms with E-state index >= 15 is 0 Å². The minimum atomic E-state index is -0.303. The largest absolute Gasteiger partial charge is 0.353 e. The van der Waals surface area contributed by atoms with Gasteiger partial charge >= 0.3 is 0 Å². The van der Waals surface area contributed by atoms with Gasteiger partial charge in [0.1, 0.15) is 12.0 Å². The molecule has 1 atom stereocenters. The summed E-state index contributed by atoms with van der Waals surface area (Å²) in [4.78, 5) is 24.0. The summed E-state index contributed by atoms with van der Waals surface area (Å²) in [5.74, 6) is 0.859. The Morgan fingerprint density at radius 1 is 1.21 bits per heavy atom. The number of ketones is 1. The highest BCUT2D eigenvalue weighted by molar-refractivity contribution is 6.33. The molecule has 1 aromatic carbocycles. The average molecular weight is 417 g/mol. The van der Waals surface area contributed by atoms with Crippen LogP contribution in [0.15, 0.2) is 41.9 Å². The topological polar surface area (TPSA) is 58.1 Å². The molecule has 0 fully saturated rings. The summed E-state index contributed by atoms with van der Waals surface area (Å²) in [5, 5.41) is 4.40. The Bertz CT molecular complexity index is 944. The van der Waals surface area contributed by atoms with Crippen LogP contribution in [0.1, 0.15) is 50.6 Å². The van der Waals surface area contributed by atoms with Crippen molar-refractivity contribution >= 4 is 40.5 Å². The van der Waals surface area contributed by atoms with Gasteiger partial charge in [0.2, 0.25) is 0 Å². The lowest BCUT2D eigenvalue weighted by molar-refractivity contribution is -0.116. The number of hydrogen-bond acceptors (Lipinski definition) is 5. The number of nitrogens with one attached hydrogen (secondary N) is 1. The first kappa shape index (κ1) is 19.2. The van der Waals surface area contributed by atoms with E-state index in [4.69, 9.17) is 23.2 Å². The molecule has 1 aromatic heterocycles. The molecule has 0 spiro atoms. The van der Waals surface area contributed by atoms with Crippen LogP contribution in [0.25, 0.3) is 0 Å². The molecule has 1 aliphatic heterocycles. The number of rotatable bonds is 4. The number of benzene rings is 1.